The van der Waals surface area contributed by atoms with E-state index in [4.69, 9.17) is 4.52 Å². The molecule has 0 aromatic carbocycles. The Kier molecular flexibility index (Phi) is 5.77. The predicted octanol–water partition coefficient (Wildman–Crippen LogP) is 3.58. The highest BCUT2D eigenvalue weighted by molar-refractivity contribution is 8.00. The van der Waals surface area contributed by atoms with Crippen LogP contribution in [0, 0.1) is 6.92 Å². The Labute approximate surface area is 158 Å². The molecule has 0 saturated carbocycles. The van der Waals surface area contributed by atoms with Gasteiger partial charge in [0.1, 0.15) is 10.5 Å². The summed E-state index contributed by atoms with van der Waals surface area (Å²) in [5, 5.41) is 8.60. The largest absolute Gasteiger partial charge is 0.360 e. The average Bonchev–Trinajstić information content (AvgIpc) is 3.24. The summed E-state index contributed by atoms with van der Waals surface area (Å²) in [4.78, 5) is 29.7. The number of aromatic nitrogens is 3. The monoisotopic (exact) mass is 392 g/mol. The standard InChI is InChI=1S/C17H20N4O3S2/c1-4-5-6-12(15(22)19-13-9-10(2)24-20-13)26-17-18-11-7-8-25-14(11)16(23)21(17)3/h7-9,12H,4-6H2,1-3H3,(H,19,20,22). The van der Waals surface area contributed by atoms with Crippen LogP contribution in [0.5, 0.6) is 0 Å². The Balaban J connectivity index is 1.85. The smallest absolute Gasteiger partial charge is 0.271 e. The van der Waals surface area contributed by atoms with Crippen molar-refractivity contribution in [3.8, 4) is 0 Å². The molecule has 0 aliphatic heterocycles. The number of carbonyl (C=O) groups is 1. The number of nitrogens with zero attached hydrogens (tertiary/aromatic N) is 3. The number of rotatable bonds is 7. The summed E-state index contributed by atoms with van der Waals surface area (Å²) in [6.07, 6.45) is 2.56. The Morgan fingerprint density at radius 2 is 2.31 bits per heavy atom. The first-order chi connectivity index (χ1) is 12.5. The van der Waals surface area contributed by atoms with E-state index >= 15 is 0 Å². The number of hydrogen-bond acceptors (Lipinski definition) is 7. The molecule has 0 aliphatic rings. The fraction of sp³-hybridized carbons (Fsp3) is 0.412. The summed E-state index contributed by atoms with van der Waals surface area (Å²) in [6, 6.07) is 3.50. The van der Waals surface area contributed by atoms with Gasteiger partial charge in [-0.25, -0.2) is 4.98 Å². The minimum Gasteiger partial charge on any atom is -0.360 e. The van der Waals surface area contributed by atoms with Gasteiger partial charge in [0.05, 0.1) is 10.8 Å². The minimum absolute atomic E-state index is 0.0886. The Hall–Kier alpha value is -2.13. The number of thiophene rings is 1. The van der Waals surface area contributed by atoms with Crippen LogP contribution in [0.2, 0.25) is 0 Å². The molecule has 26 heavy (non-hydrogen) atoms. The van der Waals surface area contributed by atoms with Crippen molar-refractivity contribution in [2.24, 2.45) is 7.05 Å². The molecule has 1 atom stereocenters. The third-order valence-electron chi connectivity index (χ3n) is 3.89. The normalized spacial score (nSPS) is 12.4. The van der Waals surface area contributed by atoms with Crippen molar-refractivity contribution in [2.45, 2.75) is 43.5 Å². The van der Waals surface area contributed by atoms with Crippen molar-refractivity contribution >= 4 is 45.0 Å². The third kappa shape index (κ3) is 3.99. The number of aryl methyl sites for hydroxylation is 1. The van der Waals surface area contributed by atoms with E-state index in [0.717, 1.165) is 12.8 Å². The van der Waals surface area contributed by atoms with Gasteiger partial charge in [-0.05, 0) is 24.8 Å². The second kappa shape index (κ2) is 8.05. The summed E-state index contributed by atoms with van der Waals surface area (Å²) in [6.45, 7) is 3.84. The molecule has 1 unspecified atom stereocenters. The maximum absolute atomic E-state index is 12.7. The highest BCUT2D eigenvalue weighted by atomic mass is 32.2. The van der Waals surface area contributed by atoms with E-state index in [1.54, 1.807) is 20.0 Å². The molecule has 1 N–H and O–H groups in total. The molecule has 3 rings (SSSR count). The van der Waals surface area contributed by atoms with Crippen LogP contribution in [0.25, 0.3) is 10.2 Å². The molecule has 9 heteroatoms. The van der Waals surface area contributed by atoms with E-state index in [0.29, 0.717) is 33.4 Å². The Morgan fingerprint density at radius 1 is 1.50 bits per heavy atom. The number of hydrogen-bond donors (Lipinski definition) is 1. The zero-order valence-electron chi connectivity index (χ0n) is 14.8. The molecule has 0 radical (unpaired) electrons. The fourth-order valence-electron chi connectivity index (χ4n) is 2.47. The lowest BCUT2D eigenvalue weighted by Crippen LogP contribution is -2.27. The van der Waals surface area contributed by atoms with Gasteiger partial charge in [0, 0.05) is 13.1 Å². The van der Waals surface area contributed by atoms with Gasteiger partial charge in [-0.1, -0.05) is 36.7 Å². The van der Waals surface area contributed by atoms with Crippen molar-refractivity contribution < 1.29 is 9.32 Å². The van der Waals surface area contributed by atoms with Crippen molar-refractivity contribution in [3.05, 3.63) is 33.6 Å². The summed E-state index contributed by atoms with van der Waals surface area (Å²) >= 11 is 2.68. The first-order valence-corrected chi connectivity index (χ1v) is 10.1. The van der Waals surface area contributed by atoms with Gasteiger partial charge in [-0.2, -0.15) is 0 Å². The lowest BCUT2D eigenvalue weighted by atomic mass is 10.2. The van der Waals surface area contributed by atoms with Crippen LogP contribution in [0.1, 0.15) is 31.9 Å². The number of nitrogens with one attached hydrogen (secondary N) is 1. The molecule has 0 aliphatic carbocycles. The minimum atomic E-state index is -0.374. The average molecular weight is 393 g/mol. The molecule has 0 bridgehead atoms. The Morgan fingerprint density at radius 3 is 3.00 bits per heavy atom. The van der Waals surface area contributed by atoms with E-state index in [1.807, 2.05) is 11.4 Å². The fourth-order valence-corrected chi connectivity index (χ4v) is 4.37. The predicted molar refractivity (Wildman–Crippen MR) is 104 cm³/mol. The topological polar surface area (TPSA) is 90.0 Å². The number of fused-ring (bicyclic) bond motifs is 1. The molecule has 0 spiro atoms. The lowest BCUT2D eigenvalue weighted by Gasteiger charge is -2.16. The van der Waals surface area contributed by atoms with Crippen molar-refractivity contribution in [1.82, 2.24) is 14.7 Å². The maximum atomic E-state index is 12.7. The summed E-state index contributed by atoms with van der Waals surface area (Å²) in [7, 11) is 1.69. The number of thioether (sulfide) groups is 1. The molecular formula is C17H20N4O3S2. The van der Waals surface area contributed by atoms with E-state index < -0.39 is 0 Å². The zero-order chi connectivity index (χ0) is 18.7. The van der Waals surface area contributed by atoms with Crippen molar-refractivity contribution in [2.75, 3.05) is 5.32 Å². The first-order valence-electron chi connectivity index (χ1n) is 8.34. The zero-order valence-corrected chi connectivity index (χ0v) is 16.4. The second-order valence-electron chi connectivity index (χ2n) is 5.95. The molecule has 0 saturated heterocycles. The molecule has 7 nitrogen and oxygen atoms in total. The third-order valence-corrected chi connectivity index (χ3v) is 6.09. The summed E-state index contributed by atoms with van der Waals surface area (Å²) < 4.78 is 7.13. The molecule has 138 valence electrons. The van der Waals surface area contributed by atoms with Crippen LogP contribution in [-0.4, -0.2) is 25.9 Å². The Bertz CT molecular complexity index is 976. The maximum Gasteiger partial charge on any atom is 0.271 e. The van der Waals surface area contributed by atoms with Crippen molar-refractivity contribution in [1.29, 1.82) is 0 Å². The molecular weight excluding hydrogens is 372 g/mol. The van der Waals surface area contributed by atoms with Crippen LogP contribution >= 0.6 is 23.1 Å². The molecule has 3 aromatic heterocycles. The van der Waals surface area contributed by atoms with Crippen LogP contribution in [0.4, 0.5) is 5.82 Å². The molecule has 0 fully saturated rings. The van der Waals surface area contributed by atoms with Crippen molar-refractivity contribution in [3.63, 3.8) is 0 Å². The second-order valence-corrected chi connectivity index (χ2v) is 8.04. The highest BCUT2D eigenvalue weighted by Crippen LogP contribution is 2.27. The first kappa shape index (κ1) is 18.7. The molecule has 1 amide bonds. The number of unbranched alkanes of at least 4 members (excludes halogenated alkanes) is 1. The van der Waals surface area contributed by atoms with Gasteiger partial charge in [0.15, 0.2) is 11.0 Å². The van der Waals surface area contributed by atoms with E-state index in [1.165, 1.54) is 27.7 Å². The highest BCUT2D eigenvalue weighted by Gasteiger charge is 2.23. The quantitative estimate of drug-likeness (QED) is 0.488. The van der Waals surface area contributed by atoms with E-state index in [2.05, 4.69) is 22.4 Å². The van der Waals surface area contributed by atoms with Gasteiger partial charge >= 0.3 is 0 Å². The van der Waals surface area contributed by atoms with Gasteiger partial charge in [-0.3, -0.25) is 14.2 Å². The van der Waals surface area contributed by atoms with Gasteiger partial charge < -0.3 is 9.84 Å². The lowest BCUT2D eigenvalue weighted by molar-refractivity contribution is -0.115. The van der Waals surface area contributed by atoms with E-state index in [-0.39, 0.29) is 16.7 Å². The van der Waals surface area contributed by atoms with Crippen LogP contribution in [0.15, 0.2) is 32.0 Å². The number of amides is 1. The van der Waals surface area contributed by atoms with E-state index in [9.17, 15) is 9.59 Å². The van der Waals surface area contributed by atoms with Gasteiger partial charge in [0.2, 0.25) is 5.91 Å². The summed E-state index contributed by atoms with van der Waals surface area (Å²) in [5.41, 5.74) is 0.580. The van der Waals surface area contributed by atoms with Crippen LogP contribution in [-0.2, 0) is 11.8 Å². The number of anilines is 1. The molecule has 3 aromatic rings. The van der Waals surface area contributed by atoms with Gasteiger partial charge in [0.25, 0.3) is 5.56 Å². The SMILES string of the molecule is CCCCC(Sc1nc2ccsc2c(=O)n1C)C(=O)Nc1cc(C)on1. The van der Waals surface area contributed by atoms with Gasteiger partial charge in [-0.15, -0.1) is 11.3 Å². The number of carbonyl (C=O) groups excluding carboxylic acids is 1. The van der Waals surface area contributed by atoms with Crippen LogP contribution in [0.3, 0.4) is 0 Å². The summed E-state index contributed by atoms with van der Waals surface area (Å²) in [5.74, 6) is 0.853. The molecule has 3 heterocycles. The van der Waals surface area contributed by atoms with Crippen LogP contribution < -0.4 is 10.9 Å².